The molecule has 0 amide bonds. The minimum absolute atomic E-state index is 0.195. The van der Waals surface area contributed by atoms with Gasteiger partial charge < -0.3 is 10.5 Å². The number of aryl methyl sites for hydroxylation is 2. The van der Waals surface area contributed by atoms with E-state index in [1.165, 1.54) is 0 Å². The fourth-order valence-corrected chi connectivity index (χ4v) is 4.76. The number of benzene rings is 1. The van der Waals surface area contributed by atoms with E-state index < -0.39 is 11.5 Å². The molecule has 9 heteroatoms. The zero-order chi connectivity index (χ0) is 28.1. The molecule has 5 rings (SSSR count). The third kappa shape index (κ3) is 4.49. The van der Waals surface area contributed by atoms with Gasteiger partial charge in [0.2, 0.25) is 0 Å². The lowest BCUT2D eigenvalue weighted by Crippen LogP contribution is -2.22. The van der Waals surface area contributed by atoms with Crippen LogP contribution in [-0.4, -0.2) is 41.0 Å². The molecule has 0 saturated carbocycles. The molecule has 0 saturated heterocycles. The van der Waals surface area contributed by atoms with E-state index >= 15 is 0 Å². The van der Waals surface area contributed by atoms with Crippen LogP contribution in [0.4, 0.5) is 0 Å². The molecule has 39 heavy (non-hydrogen) atoms. The summed E-state index contributed by atoms with van der Waals surface area (Å²) in [5.41, 5.74) is 5.65. The van der Waals surface area contributed by atoms with Crippen molar-refractivity contribution in [2.75, 3.05) is 0 Å². The summed E-state index contributed by atoms with van der Waals surface area (Å²) in [6, 6.07) is 13.7. The number of rotatable bonds is 6. The number of nitriles is 1. The fraction of sp³-hybridized carbons (Fsp3) is 0.267. The third-order valence-corrected chi connectivity index (χ3v) is 7.06. The summed E-state index contributed by atoms with van der Waals surface area (Å²) in [4.78, 5) is 27.1. The highest BCUT2D eigenvalue weighted by Gasteiger charge is 2.22. The van der Waals surface area contributed by atoms with Gasteiger partial charge >= 0.3 is 5.69 Å². The van der Waals surface area contributed by atoms with Crippen molar-refractivity contribution in [2.45, 2.75) is 45.6 Å². The summed E-state index contributed by atoms with van der Waals surface area (Å²) in [5.74, 6) is 0. The Morgan fingerprint density at radius 2 is 1.92 bits per heavy atom. The highest BCUT2D eigenvalue weighted by molar-refractivity contribution is 6.04. The highest BCUT2D eigenvalue weighted by Crippen LogP contribution is 2.32. The number of aliphatic hydroxyl groups is 1. The van der Waals surface area contributed by atoms with Gasteiger partial charge in [-0.05, 0) is 69.2 Å². The van der Waals surface area contributed by atoms with Gasteiger partial charge in [-0.3, -0.25) is 19.1 Å². The van der Waals surface area contributed by atoms with Crippen LogP contribution in [0.2, 0.25) is 0 Å². The van der Waals surface area contributed by atoms with Crippen LogP contribution in [0.3, 0.4) is 0 Å². The Hall–Kier alpha value is -4.68. The van der Waals surface area contributed by atoms with Crippen molar-refractivity contribution in [3.05, 3.63) is 82.4 Å². The van der Waals surface area contributed by atoms with E-state index in [0.717, 1.165) is 27.6 Å². The van der Waals surface area contributed by atoms with Crippen LogP contribution < -0.4 is 5.69 Å². The van der Waals surface area contributed by atoms with Crippen molar-refractivity contribution in [2.24, 2.45) is 7.05 Å². The van der Waals surface area contributed by atoms with Crippen molar-refractivity contribution < 1.29 is 5.11 Å². The Morgan fingerprint density at radius 1 is 1.15 bits per heavy atom. The van der Waals surface area contributed by atoms with Gasteiger partial charge in [-0.1, -0.05) is 6.07 Å². The number of imidazole rings is 1. The lowest BCUT2D eigenvalue weighted by molar-refractivity contribution is 0.203. The average molecular weight is 520 g/mol. The van der Waals surface area contributed by atoms with Gasteiger partial charge in [-0.15, -0.1) is 0 Å². The third-order valence-electron chi connectivity index (χ3n) is 7.06. The van der Waals surface area contributed by atoms with Crippen molar-refractivity contribution in [1.29, 1.82) is 10.7 Å². The van der Waals surface area contributed by atoms with E-state index in [1.807, 2.05) is 45.0 Å². The SMILES string of the molecule is Cc1nc(C(=N)C[C@@H](C)O)ccc1-n1c(=O)n(C)c2cnc3ccc(-c4cncc(C(C)(C)C#N)c4)cc3c21. The van der Waals surface area contributed by atoms with Crippen molar-refractivity contribution in [3.8, 4) is 22.9 Å². The Morgan fingerprint density at radius 3 is 2.62 bits per heavy atom. The topological polar surface area (TPSA) is 133 Å². The number of pyridine rings is 3. The molecule has 0 unspecified atom stereocenters. The first-order chi connectivity index (χ1) is 18.5. The number of fused-ring (bicyclic) bond motifs is 3. The maximum atomic E-state index is 13.5. The molecule has 4 heterocycles. The summed E-state index contributed by atoms with van der Waals surface area (Å²) in [6.45, 7) is 7.16. The second kappa shape index (κ2) is 9.57. The maximum absolute atomic E-state index is 13.5. The molecule has 0 aliphatic rings. The largest absolute Gasteiger partial charge is 0.393 e. The number of nitrogens with zero attached hydrogens (tertiary/aromatic N) is 6. The first kappa shape index (κ1) is 25.9. The van der Waals surface area contributed by atoms with Crippen LogP contribution in [0.5, 0.6) is 0 Å². The van der Waals surface area contributed by atoms with Crippen LogP contribution >= 0.6 is 0 Å². The van der Waals surface area contributed by atoms with Crippen molar-refractivity contribution in [3.63, 3.8) is 0 Å². The van der Waals surface area contributed by atoms with E-state index in [1.54, 1.807) is 53.8 Å². The van der Waals surface area contributed by atoms with Gasteiger partial charge in [0.15, 0.2) is 0 Å². The fourth-order valence-electron chi connectivity index (χ4n) is 4.76. The van der Waals surface area contributed by atoms with Gasteiger partial charge in [0, 0.05) is 36.8 Å². The molecule has 0 aliphatic carbocycles. The number of aliphatic hydroxyl groups excluding tert-OH is 1. The number of nitrogens with one attached hydrogen (secondary N) is 1. The minimum Gasteiger partial charge on any atom is -0.393 e. The molecular weight excluding hydrogens is 490 g/mol. The van der Waals surface area contributed by atoms with Gasteiger partial charge in [0.05, 0.1) is 63.1 Å². The summed E-state index contributed by atoms with van der Waals surface area (Å²) in [5, 5.41) is 28.3. The average Bonchev–Trinajstić information content (AvgIpc) is 3.18. The predicted octanol–water partition coefficient (Wildman–Crippen LogP) is 4.58. The molecule has 1 aromatic carbocycles. The number of aromatic nitrogens is 5. The van der Waals surface area contributed by atoms with Crippen LogP contribution in [-0.2, 0) is 12.5 Å². The van der Waals surface area contributed by atoms with Gasteiger partial charge in [0.25, 0.3) is 0 Å². The highest BCUT2D eigenvalue weighted by atomic mass is 16.3. The molecule has 5 aromatic rings. The van der Waals surface area contributed by atoms with E-state index in [9.17, 15) is 15.2 Å². The van der Waals surface area contributed by atoms with Crippen molar-refractivity contribution >= 4 is 27.6 Å². The predicted molar refractivity (Wildman–Crippen MR) is 151 cm³/mol. The molecule has 9 nitrogen and oxygen atoms in total. The standard InChI is InChI=1S/C30H29N7O2/c1-17(38)10-23(32)25-8-9-26(18(2)35-25)37-28-22-12-19(20-11-21(14-33-13-20)30(3,4)16-31)6-7-24(22)34-15-27(28)36(5)29(37)39/h6-9,11-15,17,32,38H,10H2,1-5H3/t17-/m1/s1. The Labute approximate surface area is 225 Å². The zero-order valence-corrected chi connectivity index (χ0v) is 22.5. The number of hydrogen-bond donors (Lipinski definition) is 2. The molecule has 0 radical (unpaired) electrons. The molecule has 4 aromatic heterocycles. The summed E-state index contributed by atoms with van der Waals surface area (Å²) in [7, 11) is 1.71. The maximum Gasteiger partial charge on any atom is 0.333 e. The minimum atomic E-state index is -0.684. The summed E-state index contributed by atoms with van der Waals surface area (Å²) in [6.07, 6.45) is 4.72. The smallest absolute Gasteiger partial charge is 0.333 e. The van der Waals surface area contributed by atoms with Crippen LogP contribution in [0.15, 0.2) is 59.8 Å². The summed E-state index contributed by atoms with van der Waals surface area (Å²) >= 11 is 0. The van der Waals surface area contributed by atoms with Gasteiger partial charge in [-0.2, -0.15) is 5.26 Å². The zero-order valence-electron chi connectivity index (χ0n) is 22.5. The first-order valence-corrected chi connectivity index (χ1v) is 12.6. The van der Waals surface area contributed by atoms with E-state index in [0.29, 0.717) is 28.1 Å². The Balaban J connectivity index is 1.73. The van der Waals surface area contributed by atoms with E-state index in [4.69, 9.17) is 5.41 Å². The monoisotopic (exact) mass is 519 g/mol. The molecule has 0 aliphatic heterocycles. The first-order valence-electron chi connectivity index (χ1n) is 12.6. The van der Waals surface area contributed by atoms with Crippen LogP contribution in [0.1, 0.15) is 44.1 Å². The molecule has 1 atom stereocenters. The number of hydrogen-bond acceptors (Lipinski definition) is 7. The molecule has 0 fully saturated rings. The lowest BCUT2D eigenvalue weighted by atomic mass is 9.86. The summed E-state index contributed by atoms with van der Waals surface area (Å²) < 4.78 is 3.20. The Bertz CT molecular complexity index is 1870. The molecule has 2 N–H and O–H groups in total. The molecular formula is C30H29N7O2. The van der Waals surface area contributed by atoms with E-state index in [-0.39, 0.29) is 17.8 Å². The molecule has 196 valence electrons. The second-order valence-corrected chi connectivity index (χ2v) is 10.4. The van der Waals surface area contributed by atoms with Crippen LogP contribution in [0.25, 0.3) is 38.8 Å². The van der Waals surface area contributed by atoms with Crippen molar-refractivity contribution in [1.82, 2.24) is 24.1 Å². The Kier molecular flexibility index (Phi) is 6.36. The van der Waals surface area contributed by atoms with E-state index in [2.05, 4.69) is 21.0 Å². The van der Waals surface area contributed by atoms with Gasteiger partial charge in [-0.25, -0.2) is 9.78 Å². The van der Waals surface area contributed by atoms with Crippen LogP contribution in [0, 0.1) is 23.7 Å². The van der Waals surface area contributed by atoms with Gasteiger partial charge in [0.1, 0.15) is 0 Å². The lowest BCUT2D eigenvalue weighted by Gasteiger charge is -2.16. The molecule has 0 spiro atoms. The quantitative estimate of drug-likeness (QED) is 0.315. The second-order valence-electron chi connectivity index (χ2n) is 10.4. The molecule has 0 bridgehead atoms. The normalized spacial score (nSPS) is 12.5.